The summed E-state index contributed by atoms with van der Waals surface area (Å²) in [6.07, 6.45) is 3.57. The standard InChI is InChI=1S/C15H16ClN3O/c16-13-5-4-11(6-10(13)7-17)19-15(20)14-12-3-1-2-9(12)8-18-14/h4-6,9,12,14,18H,1-3,8H2,(H,19,20). The Bertz CT molecular complexity index is 581. The summed E-state index contributed by atoms with van der Waals surface area (Å²) in [7, 11) is 0. The number of hydrogen-bond acceptors (Lipinski definition) is 3. The van der Waals surface area contributed by atoms with E-state index in [0.29, 0.717) is 28.1 Å². The number of rotatable bonds is 2. The van der Waals surface area contributed by atoms with Crippen LogP contribution < -0.4 is 10.6 Å². The van der Waals surface area contributed by atoms with Crippen molar-refractivity contribution in [1.82, 2.24) is 5.32 Å². The molecule has 1 amide bonds. The summed E-state index contributed by atoms with van der Waals surface area (Å²) in [5, 5.41) is 15.6. The number of carbonyl (C=O) groups is 1. The van der Waals surface area contributed by atoms with Crippen LogP contribution in [0.1, 0.15) is 24.8 Å². The predicted octanol–water partition coefficient (Wildman–Crippen LogP) is 2.54. The fraction of sp³-hybridized carbons (Fsp3) is 0.467. The summed E-state index contributed by atoms with van der Waals surface area (Å²) < 4.78 is 0. The van der Waals surface area contributed by atoms with Crippen LogP contribution in [0.2, 0.25) is 5.02 Å². The van der Waals surface area contributed by atoms with E-state index in [1.54, 1.807) is 18.2 Å². The molecule has 2 N–H and O–H groups in total. The van der Waals surface area contributed by atoms with Crippen LogP contribution in [-0.4, -0.2) is 18.5 Å². The largest absolute Gasteiger partial charge is 0.325 e. The van der Waals surface area contributed by atoms with Gasteiger partial charge in [-0.3, -0.25) is 4.79 Å². The molecule has 104 valence electrons. The lowest BCUT2D eigenvalue weighted by molar-refractivity contribution is -0.118. The van der Waals surface area contributed by atoms with Crippen molar-refractivity contribution in [3.63, 3.8) is 0 Å². The second-order valence-electron chi connectivity index (χ2n) is 5.54. The number of hydrogen-bond donors (Lipinski definition) is 2. The Kier molecular flexibility index (Phi) is 3.64. The lowest BCUT2D eigenvalue weighted by atomic mass is 9.93. The van der Waals surface area contributed by atoms with Crippen LogP contribution in [0.15, 0.2) is 18.2 Å². The average Bonchev–Trinajstić information content (AvgIpc) is 3.03. The summed E-state index contributed by atoms with van der Waals surface area (Å²) in [4.78, 5) is 12.4. The first-order valence-corrected chi connectivity index (χ1v) is 7.31. The summed E-state index contributed by atoms with van der Waals surface area (Å²) in [5.41, 5.74) is 1.00. The quantitative estimate of drug-likeness (QED) is 0.879. The van der Waals surface area contributed by atoms with Gasteiger partial charge in [0, 0.05) is 5.69 Å². The van der Waals surface area contributed by atoms with E-state index in [1.165, 1.54) is 12.8 Å². The van der Waals surface area contributed by atoms with Crippen molar-refractivity contribution in [2.45, 2.75) is 25.3 Å². The third-order valence-corrected chi connectivity index (χ3v) is 4.71. The molecule has 1 saturated heterocycles. The molecule has 1 aromatic carbocycles. The van der Waals surface area contributed by atoms with Gasteiger partial charge >= 0.3 is 0 Å². The first kappa shape index (κ1) is 13.4. The molecule has 5 heteroatoms. The zero-order valence-electron chi connectivity index (χ0n) is 11.0. The molecule has 1 aliphatic heterocycles. The average molecular weight is 290 g/mol. The molecule has 3 rings (SSSR count). The Hall–Kier alpha value is -1.57. The minimum atomic E-state index is -0.108. The maximum absolute atomic E-state index is 12.4. The summed E-state index contributed by atoms with van der Waals surface area (Å²) in [5.74, 6) is 1.09. The molecule has 1 aliphatic carbocycles. The van der Waals surface area contributed by atoms with Crippen LogP contribution >= 0.6 is 11.6 Å². The van der Waals surface area contributed by atoms with Gasteiger partial charge in [-0.05, 0) is 49.4 Å². The fourth-order valence-corrected chi connectivity index (χ4v) is 3.54. The Balaban J connectivity index is 1.72. The second-order valence-corrected chi connectivity index (χ2v) is 5.94. The van der Waals surface area contributed by atoms with Crippen LogP contribution in [0.5, 0.6) is 0 Å². The van der Waals surface area contributed by atoms with E-state index in [4.69, 9.17) is 16.9 Å². The number of benzene rings is 1. The van der Waals surface area contributed by atoms with Crippen molar-refractivity contribution < 1.29 is 4.79 Å². The maximum atomic E-state index is 12.4. The van der Waals surface area contributed by atoms with E-state index < -0.39 is 0 Å². The molecular weight excluding hydrogens is 274 g/mol. The molecule has 20 heavy (non-hydrogen) atoms. The number of nitrogens with zero attached hydrogens (tertiary/aromatic N) is 1. The lowest BCUT2D eigenvalue weighted by Gasteiger charge is -2.17. The van der Waals surface area contributed by atoms with Gasteiger partial charge in [-0.1, -0.05) is 18.0 Å². The molecule has 0 radical (unpaired) electrons. The highest BCUT2D eigenvalue weighted by Gasteiger charge is 2.42. The SMILES string of the molecule is N#Cc1cc(NC(=O)C2NCC3CCCC32)ccc1Cl. The zero-order valence-corrected chi connectivity index (χ0v) is 11.8. The molecule has 4 nitrogen and oxygen atoms in total. The second kappa shape index (κ2) is 5.43. The van der Waals surface area contributed by atoms with Gasteiger partial charge in [-0.2, -0.15) is 5.26 Å². The zero-order chi connectivity index (χ0) is 14.1. The van der Waals surface area contributed by atoms with E-state index in [9.17, 15) is 4.79 Å². The number of fused-ring (bicyclic) bond motifs is 1. The monoisotopic (exact) mass is 289 g/mol. The normalized spacial score (nSPS) is 27.9. The predicted molar refractivity (Wildman–Crippen MR) is 77.4 cm³/mol. The van der Waals surface area contributed by atoms with Gasteiger partial charge in [0.1, 0.15) is 6.07 Å². The van der Waals surface area contributed by atoms with E-state index in [0.717, 1.165) is 13.0 Å². The van der Waals surface area contributed by atoms with Gasteiger partial charge in [0.2, 0.25) is 5.91 Å². The Labute approximate surface area is 123 Å². The van der Waals surface area contributed by atoms with Crippen molar-refractivity contribution in [1.29, 1.82) is 5.26 Å². The molecule has 1 saturated carbocycles. The Morgan fingerprint density at radius 1 is 1.45 bits per heavy atom. The summed E-state index contributed by atoms with van der Waals surface area (Å²) >= 11 is 5.89. The molecule has 3 atom stereocenters. The molecule has 2 fully saturated rings. The Morgan fingerprint density at radius 3 is 3.10 bits per heavy atom. The third kappa shape index (κ3) is 2.39. The van der Waals surface area contributed by atoms with Gasteiger partial charge in [0.05, 0.1) is 16.6 Å². The minimum absolute atomic E-state index is 0.00869. The summed E-state index contributed by atoms with van der Waals surface area (Å²) in [6.45, 7) is 0.937. The smallest absolute Gasteiger partial charge is 0.241 e. The molecule has 0 aromatic heterocycles. The van der Waals surface area contributed by atoms with Gasteiger partial charge in [-0.15, -0.1) is 0 Å². The first-order chi connectivity index (χ1) is 9.69. The topological polar surface area (TPSA) is 64.9 Å². The summed E-state index contributed by atoms with van der Waals surface area (Å²) in [6, 6.07) is 6.88. The van der Waals surface area contributed by atoms with E-state index in [2.05, 4.69) is 10.6 Å². The number of nitriles is 1. The van der Waals surface area contributed by atoms with E-state index in [1.807, 2.05) is 6.07 Å². The maximum Gasteiger partial charge on any atom is 0.241 e. The van der Waals surface area contributed by atoms with Crippen molar-refractivity contribution >= 4 is 23.2 Å². The van der Waals surface area contributed by atoms with Crippen LogP contribution in [0.4, 0.5) is 5.69 Å². The Morgan fingerprint density at radius 2 is 2.30 bits per heavy atom. The van der Waals surface area contributed by atoms with Crippen molar-refractivity contribution in [2.75, 3.05) is 11.9 Å². The number of nitrogens with one attached hydrogen (secondary N) is 2. The van der Waals surface area contributed by atoms with E-state index in [-0.39, 0.29) is 11.9 Å². The number of halogens is 1. The lowest BCUT2D eigenvalue weighted by Crippen LogP contribution is -2.39. The van der Waals surface area contributed by atoms with E-state index >= 15 is 0 Å². The van der Waals surface area contributed by atoms with Crippen molar-refractivity contribution in [3.05, 3.63) is 28.8 Å². The highest BCUT2D eigenvalue weighted by atomic mass is 35.5. The van der Waals surface area contributed by atoms with Crippen LogP contribution in [0, 0.1) is 23.2 Å². The molecule has 2 aliphatic rings. The molecule has 3 unspecified atom stereocenters. The molecule has 1 aromatic rings. The molecule has 0 spiro atoms. The van der Waals surface area contributed by atoms with Crippen molar-refractivity contribution in [2.24, 2.45) is 11.8 Å². The van der Waals surface area contributed by atoms with Crippen LogP contribution in [-0.2, 0) is 4.79 Å². The number of carbonyl (C=O) groups excluding carboxylic acids is 1. The highest BCUT2D eigenvalue weighted by molar-refractivity contribution is 6.31. The van der Waals surface area contributed by atoms with Gasteiger partial charge in [0.25, 0.3) is 0 Å². The fourth-order valence-electron chi connectivity index (χ4n) is 3.38. The molecular formula is C15H16ClN3O. The van der Waals surface area contributed by atoms with Gasteiger partial charge in [0.15, 0.2) is 0 Å². The number of anilines is 1. The first-order valence-electron chi connectivity index (χ1n) is 6.93. The highest BCUT2D eigenvalue weighted by Crippen LogP contribution is 2.38. The van der Waals surface area contributed by atoms with Crippen LogP contribution in [0.3, 0.4) is 0 Å². The van der Waals surface area contributed by atoms with Gasteiger partial charge in [-0.25, -0.2) is 0 Å². The molecule has 0 bridgehead atoms. The van der Waals surface area contributed by atoms with Crippen molar-refractivity contribution in [3.8, 4) is 6.07 Å². The van der Waals surface area contributed by atoms with Gasteiger partial charge < -0.3 is 10.6 Å². The number of amides is 1. The molecule has 1 heterocycles. The third-order valence-electron chi connectivity index (χ3n) is 4.38. The minimum Gasteiger partial charge on any atom is -0.325 e. The van der Waals surface area contributed by atoms with Crippen LogP contribution in [0.25, 0.3) is 0 Å².